The lowest BCUT2D eigenvalue weighted by Gasteiger charge is -2.08. The van der Waals surface area contributed by atoms with E-state index in [1.807, 2.05) is 12.1 Å². The number of nitrogens with one attached hydrogen (secondary N) is 2. The van der Waals surface area contributed by atoms with E-state index in [0.29, 0.717) is 18.1 Å². The third-order valence-electron chi connectivity index (χ3n) is 2.89. The maximum Gasteiger partial charge on any atom is 0.224 e. The fraction of sp³-hybridized carbons (Fsp3) is 0.333. The van der Waals surface area contributed by atoms with Gasteiger partial charge in [0, 0.05) is 24.8 Å². The van der Waals surface area contributed by atoms with Crippen LogP contribution in [0, 0.1) is 5.82 Å². The van der Waals surface area contributed by atoms with Crippen LogP contribution in [0.1, 0.15) is 25.3 Å². The van der Waals surface area contributed by atoms with Gasteiger partial charge in [-0.1, -0.05) is 31.5 Å². The number of hydrogen-bond donors (Lipinski definition) is 2. The molecule has 5 heteroatoms. The van der Waals surface area contributed by atoms with Crippen molar-refractivity contribution < 1.29 is 4.39 Å². The first-order valence-corrected chi connectivity index (χ1v) is 6.84. The van der Waals surface area contributed by atoms with Crippen LogP contribution in [0.5, 0.6) is 0 Å². The maximum atomic E-state index is 13.5. The molecule has 106 valence electrons. The average molecular weight is 274 g/mol. The topological polar surface area (TPSA) is 49.8 Å². The van der Waals surface area contributed by atoms with Crippen molar-refractivity contribution in [1.29, 1.82) is 0 Å². The summed E-state index contributed by atoms with van der Waals surface area (Å²) in [6.45, 7) is 3.40. The van der Waals surface area contributed by atoms with Crippen molar-refractivity contribution in [2.75, 3.05) is 17.2 Å². The molecule has 0 unspecified atom stereocenters. The van der Waals surface area contributed by atoms with Gasteiger partial charge in [-0.15, -0.1) is 0 Å². The van der Waals surface area contributed by atoms with Gasteiger partial charge in [0.05, 0.1) is 0 Å². The molecule has 0 aliphatic carbocycles. The Morgan fingerprint density at radius 3 is 2.80 bits per heavy atom. The molecule has 0 fully saturated rings. The zero-order valence-corrected chi connectivity index (χ0v) is 11.6. The highest BCUT2D eigenvalue weighted by atomic mass is 19.1. The van der Waals surface area contributed by atoms with Crippen molar-refractivity contribution in [3.05, 3.63) is 47.9 Å². The summed E-state index contributed by atoms with van der Waals surface area (Å²) in [5, 5.41) is 6.26. The largest absolute Gasteiger partial charge is 0.370 e. The summed E-state index contributed by atoms with van der Waals surface area (Å²) in [6.07, 6.45) is 3.92. The molecule has 0 bridgehead atoms. The molecule has 1 aromatic heterocycles. The maximum absolute atomic E-state index is 13.5. The van der Waals surface area contributed by atoms with Crippen molar-refractivity contribution in [3.8, 4) is 0 Å². The van der Waals surface area contributed by atoms with Crippen molar-refractivity contribution >= 4 is 11.8 Å². The molecule has 4 nitrogen and oxygen atoms in total. The van der Waals surface area contributed by atoms with Gasteiger partial charge in [0.25, 0.3) is 0 Å². The molecule has 0 saturated heterocycles. The number of anilines is 2. The molecule has 1 heterocycles. The third kappa shape index (κ3) is 4.19. The van der Waals surface area contributed by atoms with E-state index in [0.717, 1.165) is 25.2 Å². The number of hydrogen-bond acceptors (Lipinski definition) is 4. The first-order chi connectivity index (χ1) is 9.79. The van der Waals surface area contributed by atoms with Crippen molar-refractivity contribution in [1.82, 2.24) is 9.97 Å². The van der Waals surface area contributed by atoms with E-state index in [1.165, 1.54) is 6.07 Å². The predicted molar refractivity (Wildman–Crippen MR) is 79.2 cm³/mol. The van der Waals surface area contributed by atoms with Gasteiger partial charge in [0.1, 0.15) is 11.6 Å². The molecule has 0 aliphatic heterocycles. The quantitative estimate of drug-likeness (QED) is 0.759. The molecule has 0 atom stereocenters. The van der Waals surface area contributed by atoms with Gasteiger partial charge in [-0.25, -0.2) is 9.37 Å². The van der Waals surface area contributed by atoms with Crippen molar-refractivity contribution in [3.63, 3.8) is 0 Å². The molecule has 0 saturated carbocycles. The van der Waals surface area contributed by atoms with E-state index in [-0.39, 0.29) is 5.82 Å². The second-order valence-electron chi connectivity index (χ2n) is 4.49. The standard InChI is InChI=1S/C15H19FN4/c1-2-3-9-17-14-8-10-18-15(20-14)19-11-12-6-4-5-7-13(12)16/h4-8,10H,2-3,9,11H2,1H3,(H2,17,18,19,20). The lowest BCUT2D eigenvalue weighted by atomic mass is 10.2. The second kappa shape index (κ2) is 7.43. The van der Waals surface area contributed by atoms with E-state index in [4.69, 9.17) is 0 Å². The van der Waals surface area contributed by atoms with Gasteiger partial charge in [-0.05, 0) is 18.6 Å². The molecule has 2 rings (SSSR count). The highest BCUT2D eigenvalue weighted by molar-refractivity contribution is 5.39. The van der Waals surface area contributed by atoms with Gasteiger partial charge in [0.15, 0.2) is 0 Å². The zero-order valence-electron chi connectivity index (χ0n) is 11.6. The summed E-state index contributed by atoms with van der Waals surface area (Å²) in [4.78, 5) is 8.46. The highest BCUT2D eigenvalue weighted by Gasteiger charge is 2.02. The molecular weight excluding hydrogens is 255 g/mol. The van der Waals surface area contributed by atoms with E-state index >= 15 is 0 Å². The second-order valence-corrected chi connectivity index (χ2v) is 4.49. The number of unbranched alkanes of at least 4 members (excludes halogenated alkanes) is 1. The van der Waals surface area contributed by atoms with Crippen LogP contribution in [0.25, 0.3) is 0 Å². The van der Waals surface area contributed by atoms with Crippen LogP contribution in [-0.4, -0.2) is 16.5 Å². The van der Waals surface area contributed by atoms with Gasteiger partial charge < -0.3 is 10.6 Å². The highest BCUT2D eigenvalue weighted by Crippen LogP contribution is 2.10. The number of aromatic nitrogens is 2. The monoisotopic (exact) mass is 274 g/mol. The minimum atomic E-state index is -0.225. The molecule has 0 radical (unpaired) electrons. The number of rotatable bonds is 7. The minimum Gasteiger partial charge on any atom is -0.370 e. The molecule has 20 heavy (non-hydrogen) atoms. The summed E-state index contributed by atoms with van der Waals surface area (Å²) in [5.74, 6) is 1.05. The Morgan fingerprint density at radius 1 is 1.15 bits per heavy atom. The Kier molecular flexibility index (Phi) is 5.29. The molecule has 1 aromatic carbocycles. The fourth-order valence-electron chi connectivity index (χ4n) is 1.75. The van der Waals surface area contributed by atoms with Gasteiger partial charge in [-0.3, -0.25) is 0 Å². The summed E-state index contributed by atoms with van der Waals surface area (Å²) in [5.41, 5.74) is 0.598. The average Bonchev–Trinajstić information content (AvgIpc) is 2.47. The Hall–Kier alpha value is -2.17. The lowest BCUT2D eigenvalue weighted by Crippen LogP contribution is -2.08. The Morgan fingerprint density at radius 2 is 2.00 bits per heavy atom. The lowest BCUT2D eigenvalue weighted by molar-refractivity contribution is 0.612. The van der Waals surface area contributed by atoms with Crippen LogP contribution in [0.3, 0.4) is 0 Å². The van der Waals surface area contributed by atoms with Gasteiger partial charge in [-0.2, -0.15) is 4.98 Å². The third-order valence-corrected chi connectivity index (χ3v) is 2.89. The molecule has 2 aromatic rings. The first kappa shape index (κ1) is 14.2. The van der Waals surface area contributed by atoms with Crippen LogP contribution >= 0.6 is 0 Å². The van der Waals surface area contributed by atoms with E-state index in [9.17, 15) is 4.39 Å². The summed E-state index contributed by atoms with van der Waals surface area (Å²) in [7, 11) is 0. The molecule has 0 amide bonds. The molecule has 0 aliphatic rings. The normalized spacial score (nSPS) is 10.3. The number of halogens is 1. The molecule has 0 spiro atoms. The minimum absolute atomic E-state index is 0.225. The van der Waals surface area contributed by atoms with Crippen molar-refractivity contribution in [2.45, 2.75) is 26.3 Å². The van der Waals surface area contributed by atoms with E-state index in [2.05, 4.69) is 27.5 Å². The van der Waals surface area contributed by atoms with Crippen LogP contribution in [-0.2, 0) is 6.54 Å². The van der Waals surface area contributed by atoms with Crippen LogP contribution in [0.15, 0.2) is 36.5 Å². The van der Waals surface area contributed by atoms with Crippen LogP contribution in [0.2, 0.25) is 0 Å². The van der Waals surface area contributed by atoms with Gasteiger partial charge >= 0.3 is 0 Å². The summed E-state index contributed by atoms with van der Waals surface area (Å²) < 4.78 is 13.5. The Balaban J connectivity index is 1.93. The number of nitrogens with zero attached hydrogens (tertiary/aromatic N) is 2. The SMILES string of the molecule is CCCCNc1ccnc(NCc2ccccc2F)n1. The smallest absolute Gasteiger partial charge is 0.224 e. The zero-order chi connectivity index (χ0) is 14.2. The van der Waals surface area contributed by atoms with Crippen LogP contribution < -0.4 is 10.6 Å². The summed E-state index contributed by atoms with van der Waals surface area (Å²) in [6, 6.07) is 8.49. The van der Waals surface area contributed by atoms with E-state index < -0.39 is 0 Å². The summed E-state index contributed by atoms with van der Waals surface area (Å²) >= 11 is 0. The van der Waals surface area contributed by atoms with E-state index in [1.54, 1.807) is 18.3 Å². The van der Waals surface area contributed by atoms with Crippen LogP contribution in [0.4, 0.5) is 16.2 Å². The first-order valence-electron chi connectivity index (χ1n) is 6.84. The fourth-order valence-corrected chi connectivity index (χ4v) is 1.75. The predicted octanol–water partition coefficient (Wildman–Crippen LogP) is 3.44. The van der Waals surface area contributed by atoms with Gasteiger partial charge in [0.2, 0.25) is 5.95 Å². The molecular formula is C15H19FN4. The molecule has 2 N–H and O–H groups in total. The Bertz CT molecular complexity index is 545. The van der Waals surface area contributed by atoms with Crippen molar-refractivity contribution in [2.24, 2.45) is 0 Å². The Labute approximate surface area is 118 Å². The number of benzene rings is 1.